The summed E-state index contributed by atoms with van der Waals surface area (Å²) in [6, 6.07) is 5.03. The number of rotatable bonds is 4. The molecule has 0 atom stereocenters. The summed E-state index contributed by atoms with van der Waals surface area (Å²) in [6.07, 6.45) is 4.82. The van der Waals surface area contributed by atoms with Crippen molar-refractivity contribution >= 4 is 28.7 Å². The Morgan fingerprint density at radius 3 is 2.45 bits per heavy atom. The van der Waals surface area contributed by atoms with Gasteiger partial charge >= 0.3 is 0 Å². The van der Waals surface area contributed by atoms with Gasteiger partial charge in [0.2, 0.25) is 5.95 Å². The number of aromatic nitrogens is 5. The topological polar surface area (TPSA) is 159 Å². The fraction of sp³-hybridized carbons (Fsp3) is 0.200. The molecule has 4 aromatic heterocycles. The molecule has 0 bridgehead atoms. The molecule has 156 valence electrons. The number of nitrogens with two attached hydrogens (primary N) is 2. The molecule has 5 rings (SSSR count). The second-order valence-corrected chi connectivity index (χ2v) is 6.92. The maximum absolute atomic E-state index is 11.4. The second-order valence-electron chi connectivity index (χ2n) is 6.92. The molecule has 4 aromatic rings. The summed E-state index contributed by atoms with van der Waals surface area (Å²) in [4.78, 5) is 35.6. The van der Waals surface area contributed by atoms with Gasteiger partial charge in [-0.1, -0.05) is 0 Å². The number of ether oxygens (including phenoxy) is 1. The Hall–Kier alpha value is -4.12. The Balaban J connectivity index is 1.66. The highest BCUT2D eigenvalue weighted by Gasteiger charge is 2.20. The van der Waals surface area contributed by atoms with E-state index < -0.39 is 5.91 Å². The number of nitrogens with zero attached hydrogens (tertiary/aromatic N) is 6. The highest BCUT2D eigenvalue weighted by molar-refractivity contribution is 5.92. The van der Waals surface area contributed by atoms with E-state index in [1.165, 1.54) is 6.07 Å². The number of anilines is 2. The molecule has 4 N–H and O–H groups in total. The maximum atomic E-state index is 11.4. The summed E-state index contributed by atoms with van der Waals surface area (Å²) < 4.78 is 11.0. The van der Waals surface area contributed by atoms with Gasteiger partial charge in [-0.25, -0.2) is 24.9 Å². The SMILES string of the molecule is NC(=O)c1ccc(-c2cnc3c(N4CCOCC4)nc(-c4cnc(N)nc4)nc3c2)o1. The van der Waals surface area contributed by atoms with Gasteiger partial charge in [0.15, 0.2) is 17.4 Å². The van der Waals surface area contributed by atoms with E-state index in [1.807, 2.05) is 6.07 Å². The number of carbonyl (C=O) groups is 1. The predicted molar refractivity (Wildman–Crippen MR) is 112 cm³/mol. The molecule has 1 saturated heterocycles. The van der Waals surface area contributed by atoms with E-state index in [0.717, 1.165) is 0 Å². The lowest BCUT2D eigenvalue weighted by molar-refractivity contribution is 0.0974. The van der Waals surface area contributed by atoms with Crippen molar-refractivity contribution in [2.24, 2.45) is 5.73 Å². The molecule has 31 heavy (non-hydrogen) atoms. The van der Waals surface area contributed by atoms with E-state index >= 15 is 0 Å². The summed E-state index contributed by atoms with van der Waals surface area (Å²) in [5, 5.41) is 0. The monoisotopic (exact) mass is 418 g/mol. The molecule has 0 saturated carbocycles. The van der Waals surface area contributed by atoms with Crippen LogP contribution in [0.5, 0.6) is 0 Å². The van der Waals surface area contributed by atoms with Gasteiger partial charge in [0.25, 0.3) is 5.91 Å². The van der Waals surface area contributed by atoms with E-state index in [4.69, 9.17) is 25.6 Å². The molecule has 0 aliphatic carbocycles. The number of amides is 1. The number of hydrogen-bond acceptors (Lipinski definition) is 10. The molecule has 11 nitrogen and oxygen atoms in total. The van der Waals surface area contributed by atoms with E-state index in [0.29, 0.717) is 65.9 Å². The van der Waals surface area contributed by atoms with Gasteiger partial charge in [-0.2, -0.15) is 0 Å². The van der Waals surface area contributed by atoms with E-state index in [1.54, 1.807) is 24.7 Å². The number of fused-ring (bicyclic) bond motifs is 1. The van der Waals surface area contributed by atoms with Crippen LogP contribution in [0.2, 0.25) is 0 Å². The Kier molecular flexibility index (Phi) is 4.64. The van der Waals surface area contributed by atoms with E-state index in [-0.39, 0.29) is 11.7 Å². The van der Waals surface area contributed by atoms with Gasteiger partial charge in [-0.3, -0.25) is 4.79 Å². The quantitative estimate of drug-likeness (QED) is 0.494. The molecule has 0 unspecified atom stereocenters. The average molecular weight is 418 g/mol. The van der Waals surface area contributed by atoms with Crippen molar-refractivity contribution in [1.29, 1.82) is 0 Å². The standard InChI is InChI=1S/C20H18N8O3/c21-17(29)15-2-1-14(31-15)11-7-13-16(23-8-11)19(28-3-5-30-6-4-28)27-18(26-13)12-9-24-20(22)25-10-12/h1-2,7-10H,3-6H2,(H2,21,29)(H2,22,24,25). The first-order chi connectivity index (χ1) is 15.1. The summed E-state index contributed by atoms with van der Waals surface area (Å²) >= 11 is 0. The summed E-state index contributed by atoms with van der Waals surface area (Å²) in [6.45, 7) is 2.58. The van der Waals surface area contributed by atoms with Gasteiger partial charge in [-0.15, -0.1) is 0 Å². The Morgan fingerprint density at radius 2 is 1.74 bits per heavy atom. The van der Waals surface area contributed by atoms with Gasteiger partial charge in [0, 0.05) is 37.2 Å². The van der Waals surface area contributed by atoms with E-state index in [2.05, 4.69) is 24.8 Å². The molecule has 0 aromatic carbocycles. The molecule has 5 heterocycles. The third kappa shape index (κ3) is 3.62. The highest BCUT2D eigenvalue weighted by Crippen LogP contribution is 2.30. The molecule has 0 radical (unpaired) electrons. The van der Waals surface area contributed by atoms with Crippen LogP contribution in [-0.2, 0) is 4.74 Å². The van der Waals surface area contributed by atoms with Gasteiger partial charge < -0.3 is 25.5 Å². The van der Waals surface area contributed by atoms with Crippen LogP contribution in [0.25, 0.3) is 33.7 Å². The van der Waals surface area contributed by atoms with Crippen molar-refractivity contribution in [3.05, 3.63) is 42.5 Å². The van der Waals surface area contributed by atoms with Crippen molar-refractivity contribution in [3.8, 4) is 22.7 Å². The Bertz CT molecular complexity index is 1270. The number of carbonyl (C=O) groups excluding carboxylic acids is 1. The van der Waals surface area contributed by atoms with Gasteiger partial charge in [-0.05, 0) is 18.2 Å². The van der Waals surface area contributed by atoms with Crippen molar-refractivity contribution < 1.29 is 13.9 Å². The third-order valence-corrected chi connectivity index (χ3v) is 4.89. The van der Waals surface area contributed by atoms with Crippen LogP contribution in [0.4, 0.5) is 11.8 Å². The average Bonchev–Trinajstić information content (AvgIpc) is 3.30. The van der Waals surface area contributed by atoms with Gasteiger partial charge in [0.1, 0.15) is 11.3 Å². The zero-order valence-corrected chi connectivity index (χ0v) is 16.4. The lowest BCUT2D eigenvalue weighted by atomic mass is 10.2. The largest absolute Gasteiger partial charge is 0.451 e. The molecule has 1 aliphatic heterocycles. The highest BCUT2D eigenvalue weighted by atomic mass is 16.5. The normalized spacial score (nSPS) is 14.1. The van der Waals surface area contributed by atoms with Crippen LogP contribution in [0.15, 0.2) is 41.2 Å². The van der Waals surface area contributed by atoms with E-state index in [9.17, 15) is 4.79 Å². The molecular weight excluding hydrogens is 400 g/mol. The third-order valence-electron chi connectivity index (χ3n) is 4.89. The number of pyridine rings is 1. The minimum absolute atomic E-state index is 0.0755. The minimum atomic E-state index is -0.637. The molecular formula is C20H18N8O3. The van der Waals surface area contributed by atoms with Gasteiger partial charge in [0.05, 0.1) is 24.3 Å². The zero-order valence-electron chi connectivity index (χ0n) is 16.4. The lowest BCUT2D eigenvalue weighted by Gasteiger charge is -2.28. The number of primary amides is 1. The summed E-state index contributed by atoms with van der Waals surface area (Å²) in [7, 11) is 0. The molecule has 1 aliphatic rings. The van der Waals surface area contributed by atoms with Crippen molar-refractivity contribution in [1.82, 2.24) is 24.9 Å². The molecule has 11 heteroatoms. The molecule has 1 fully saturated rings. The number of furan rings is 1. The number of hydrogen-bond donors (Lipinski definition) is 2. The second kappa shape index (κ2) is 7.61. The lowest BCUT2D eigenvalue weighted by Crippen LogP contribution is -2.37. The van der Waals surface area contributed by atoms with Crippen LogP contribution >= 0.6 is 0 Å². The Morgan fingerprint density at radius 1 is 1.00 bits per heavy atom. The smallest absolute Gasteiger partial charge is 0.284 e. The maximum Gasteiger partial charge on any atom is 0.284 e. The predicted octanol–water partition coefficient (Wildman–Crippen LogP) is 1.26. The van der Waals surface area contributed by atoms with Crippen molar-refractivity contribution in [3.63, 3.8) is 0 Å². The first kappa shape index (κ1) is 18.9. The molecule has 1 amide bonds. The van der Waals surface area contributed by atoms with Crippen LogP contribution in [0, 0.1) is 0 Å². The van der Waals surface area contributed by atoms with Crippen molar-refractivity contribution in [2.75, 3.05) is 36.9 Å². The van der Waals surface area contributed by atoms with Crippen LogP contribution in [0.1, 0.15) is 10.6 Å². The summed E-state index contributed by atoms with van der Waals surface area (Å²) in [5.74, 6) is 1.22. The fourth-order valence-electron chi connectivity index (χ4n) is 3.34. The fourth-order valence-corrected chi connectivity index (χ4v) is 3.34. The number of morpholine rings is 1. The van der Waals surface area contributed by atoms with Crippen molar-refractivity contribution in [2.45, 2.75) is 0 Å². The van der Waals surface area contributed by atoms with Crippen LogP contribution in [0.3, 0.4) is 0 Å². The van der Waals surface area contributed by atoms with Crippen LogP contribution < -0.4 is 16.4 Å². The first-order valence-electron chi connectivity index (χ1n) is 9.57. The summed E-state index contributed by atoms with van der Waals surface area (Å²) in [5.41, 5.74) is 13.4. The number of nitrogen functional groups attached to an aromatic ring is 1. The zero-order chi connectivity index (χ0) is 21.4. The van der Waals surface area contributed by atoms with Crippen LogP contribution in [-0.4, -0.2) is 57.1 Å². The first-order valence-corrected chi connectivity index (χ1v) is 9.57. The molecule has 0 spiro atoms. The minimum Gasteiger partial charge on any atom is -0.451 e. The Labute approximate surface area is 176 Å².